The number of pyridine rings is 1. The SMILES string of the molecule is Cc1ccc(-c2noc(-c3cc4cc(Cl)ccc4[nH]c3=O)n2)s1. The van der Waals surface area contributed by atoms with E-state index in [1.165, 1.54) is 0 Å². The first-order chi connectivity index (χ1) is 11.1. The molecular formula is C16H10ClN3O2S. The second-order valence-electron chi connectivity index (χ2n) is 5.08. The van der Waals surface area contributed by atoms with Gasteiger partial charge in [0.15, 0.2) is 0 Å². The molecule has 0 saturated heterocycles. The third-order valence-corrected chi connectivity index (χ3v) is 4.66. The molecule has 114 valence electrons. The number of fused-ring (bicyclic) bond motifs is 1. The van der Waals surface area contributed by atoms with E-state index in [9.17, 15) is 4.79 Å². The molecule has 1 aromatic carbocycles. The number of aryl methyl sites for hydroxylation is 1. The van der Waals surface area contributed by atoms with Crippen molar-refractivity contribution in [3.63, 3.8) is 0 Å². The average Bonchev–Trinajstić information content (AvgIpc) is 3.16. The highest BCUT2D eigenvalue weighted by Crippen LogP contribution is 2.27. The molecule has 0 radical (unpaired) electrons. The van der Waals surface area contributed by atoms with Crippen LogP contribution in [0.4, 0.5) is 0 Å². The number of H-pyrrole nitrogens is 1. The molecular weight excluding hydrogens is 334 g/mol. The first-order valence-electron chi connectivity index (χ1n) is 6.83. The quantitative estimate of drug-likeness (QED) is 0.590. The predicted octanol–water partition coefficient (Wildman–Crippen LogP) is 4.27. The molecule has 0 fully saturated rings. The molecule has 5 nitrogen and oxygen atoms in total. The lowest BCUT2D eigenvalue weighted by Crippen LogP contribution is -2.08. The molecule has 7 heteroatoms. The summed E-state index contributed by atoms with van der Waals surface area (Å²) in [4.78, 5) is 21.4. The monoisotopic (exact) mass is 343 g/mol. The van der Waals surface area contributed by atoms with Gasteiger partial charge in [0, 0.05) is 20.8 Å². The Bertz CT molecular complexity index is 1080. The first kappa shape index (κ1) is 14.2. The number of hydrogen-bond donors (Lipinski definition) is 1. The summed E-state index contributed by atoms with van der Waals surface area (Å²) in [5.41, 5.74) is 0.751. The number of nitrogens with zero attached hydrogens (tertiary/aromatic N) is 2. The summed E-state index contributed by atoms with van der Waals surface area (Å²) in [5.74, 6) is 0.665. The number of rotatable bonds is 2. The molecule has 0 aliphatic rings. The summed E-state index contributed by atoms with van der Waals surface area (Å²) < 4.78 is 5.27. The van der Waals surface area contributed by atoms with Crippen LogP contribution in [0, 0.1) is 6.92 Å². The summed E-state index contributed by atoms with van der Waals surface area (Å²) in [6.07, 6.45) is 0. The lowest BCUT2D eigenvalue weighted by molar-refractivity contribution is 0.432. The molecule has 3 aromatic heterocycles. The Labute approximate surface area is 139 Å². The number of nitrogens with one attached hydrogen (secondary N) is 1. The minimum absolute atomic E-state index is 0.189. The molecule has 4 rings (SSSR count). The first-order valence-corrected chi connectivity index (χ1v) is 8.03. The fourth-order valence-corrected chi connectivity index (χ4v) is 3.30. The van der Waals surface area contributed by atoms with Gasteiger partial charge < -0.3 is 9.51 Å². The Hall–Kier alpha value is -2.44. The van der Waals surface area contributed by atoms with Crippen molar-refractivity contribution >= 4 is 33.8 Å². The van der Waals surface area contributed by atoms with Crippen molar-refractivity contribution in [2.45, 2.75) is 6.92 Å². The van der Waals surface area contributed by atoms with Crippen LogP contribution in [0.1, 0.15) is 4.88 Å². The minimum Gasteiger partial charge on any atom is -0.333 e. The number of halogens is 1. The lowest BCUT2D eigenvalue weighted by Gasteiger charge is -2.00. The maximum absolute atomic E-state index is 12.3. The van der Waals surface area contributed by atoms with Crippen molar-refractivity contribution in [1.29, 1.82) is 0 Å². The Morgan fingerprint density at radius 3 is 2.87 bits per heavy atom. The number of hydrogen-bond acceptors (Lipinski definition) is 5. The average molecular weight is 344 g/mol. The molecule has 0 amide bonds. The van der Waals surface area contributed by atoms with Crippen molar-refractivity contribution in [3.05, 3.63) is 56.7 Å². The van der Waals surface area contributed by atoms with Crippen LogP contribution < -0.4 is 5.56 Å². The summed E-state index contributed by atoms with van der Waals surface area (Å²) in [6.45, 7) is 2.01. The second kappa shape index (κ2) is 5.33. The Balaban J connectivity index is 1.84. The van der Waals surface area contributed by atoms with E-state index in [2.05, 4.69) is 15.1 Å². The second-order valence-corrected chi connectivity index (χ2v) is 6.80. The zero-order valence-corrected chi connectivity index (χ0v) is 13.5. The number of thiophene rings is 1. The molecule has 0 unspecified atom stereocenters. The highest BCUT2D eigenvalue weighted by Gasteiger charge is 2.15. The van der Waals surface area contributed by atoms with Gasteiger partial charge >= 0.3 is 0 Å². The van der Waals surface area contributed by atoms with Crippen LogP contribution in [0.5, 0.6) is 0 Å². The van der Waals surface area contributed by atoms with E-state index in [1.54, 1.807) is 35.6 Å². The van der Waals surface area contributed by atoms with Crippen LogP contribution in [-0.2, 0) is 0 Å². The number of aromatic amines is 1. The largest absolute Gasteiger partial charge is 0.333 e. The molecule has 0 atom stereocenters. The van der Waals surface area contributed by atoms with Gasteiger partial charge in [-0.25, -0.2) is 0 Å². The highest BCUT2D eigenvalue weighted by molar-refractivity contribution is 7.15. The highest BCUT2D eigenvalue weighted by atomic mass is 35.5. The van der Waals surface area contributed by atoms with Crippen molar-refractivity contribution in [1.82, 2.24) is 15.1 Å². The zero-order valence-electron chi connectivity index (χ0n) is 12.0. The number of benzene rings is 1. The van der Waals surface area contributed by atoms with Gasteiger partial charge in [0.05, 0.1) is 4.88 Å². The van der Waals surface area contributed by atoms with Gasteiger partial charge in [-0.1, -0.05) is 16.8 Å². The van der Waals surface area contributed by atoms with Gasteiger partial charge in [-0.3, -0.25) is 4.79 Å². The van der Waals surface area contributed by atoms with Crippen LogP contribution in [-0.4, -0.2) is 15.1 Å². The van der Waals surface area contributed by atoms with Crippen molar-refractivity contribution in [2.24, 2.45) is 0 Å². The van der Waals surface area contributed by atoms with E-state index in [-0.39, 0.29) is 11.4 Å². The fraction of sp³-hybridized carbons (Fsp3) is 0.0625. The minimum atomic E-state index is -0.280. The molecule has 1 N–H and O–H groups in total. The molecule has 0 bridgehead atoms. The van der Waals surface area contributed by atoms with Gasteiger partial charge in [0.2, 0.25) is 5.82 Å². The molecule has 3 heterocycles. The van der Waals surface area contributed by atoms with Crippen molar-refractivity contribution in [2.75, 3.05) is 0 Å². The van der Waals surface area contributed by atoms with E-state index in [4.69, 9.17) is 16.1 Å². The summed E-state index contributed by atoms with van der Waals surface area (Å²) in [5, 5.41) is 5.36. The molecule has 4 aromatic rings. The van der Waals surface area contributed by atoms with Gasteiger partial charge in [-0.15, -0.1) is 11.3 Å². The lowest BCUT2D eigenvalue weighted by atomic mass is 10.1. The third-order valence-electron chi connectivity index (χ3n) is 3.42. The smallest absolute Gasteiger partial charge is 0.263 e. The van der Waals surface area contributed by atoms with Gasteiger partial charge in [0.25, 0.3) is 11.4 Å². The molecule has 0 spiro atoms. The van der Waals surface area contributed by atoms with Crippen LogP contribution in [0.3, 0.4) is 0 Å². The standard InChI is InChI=1S/C16H10ClN3O2S/c1-8-2-5-13(23-8)14-19-16(22-20-14)11-7-9-6-10(17)3-4-12(9)18-15(11)21/h2-7H,1H3,(H,18,21). The maximum atomic E-state index is 12.3. The van der Waals surface area contributed by atoms with Crippen LogP contribution in [0.15, 0.2) is 45.7 Å². The third kappa shape index (κ3) is 2.56. The summed E-state index contributed by atoms with van der Waals surface area (Å²) in [7, 11) is 0. The zero-order chi connectivity index (χ0) is 16.0. The molecule has 0 saturated carbocycles. The Morgan fingerprint density at radius 1 is 1.22 bits per heavy atom. The van der Waals surface area contributed by atoms with Gasteiger partial charge in [-0.05, 0) is 43.3 Å². The number of aromatic nitrogens is 3. The maximum Gasteiger partial charge on any atom is 0.263 e. The van der Waals surface area contributed by atoms with Crippen LogP contribution in [0.25, 0.3) is 33.1 Å². The van der Waals surface area contributed by atoms with E-state index in [1.807, 2.05) is 19.1 Å². The van der Waals surface area contributed by atoms with Gasteiger partial charge in [-0.2, -0.15) is 4.98 Å². The normalized spacial score (nSPS) is 11.2. The predicted molar refractivity (Wildman–Crippen MR) is 90.9 cm³/mol. The van der Waals surface area contributed by atoms with E-state index in [0.717, 1.165) is 15.1 Å². The van der Waals surface area contributed by atoms with Crippen molar-refractivity contribution < 1.29 is 4.52 Å². The summed E-state index contributed by atoms with van der Waals surface area (Å²) >= 11 is 7.57. The summed E-state index contributed by atoms with van der Waals surface area (Å²) in [6, 6.07) is 10.9. The topological polar surface area (TPSA) is 71.8 Å². The fourth-order valence-electron chi connectivity index (χ4n) is 2.32. The van der Waals surface area contributed by atoms with E-state index < -0.39 is 0 Å². The Kier molecular flexibility index (Phi) is 3.28. The van der Waals surface area contributed by atoms with E-state index in [0.29, 0.717) is 21.9 Å². The Morgan fingerprint density at radius 2 is 2.09 bits per heavy atom. The van der Waals surface area contributed by atoms with Crippen LogP contribution >= 0.6 is 22.9 Å². The molecule has 0 aliphatic carbocycles. The van der Waals surface area contributed by atoms with Gasteiger partial charge in [0.1, 0.15) is 5.56 Å². The van der Waals surface area contributed by atoms with Crippen LogP contribution in [0.2, 0.25) is 5.02 Å². The van der Waals surface area contributed by atoms with E-state index >= 15 is 0 Å². The molecule has 23 heavy (non-hydrogen) atoms. The van der Waals surface area contributed by atoms with Crippen molar-refractivity contribution in [3.8, 4) is 22.2 Å². The molecule has 0 aliphatic heterocycles.